The first-order valence-corrected chi connectivity index (χ1v) is 9.64. The molecule has 4 rings (SSSR count). The van der Waals surface area contributed by atoms with Gasteiger partial charge in [0, 0.05) is 36.1 Å². The third kappa shape index (κ3) is 3.35. The maximum Gasteiger partial charge on any atom is 0.300 e. The molecule has 1 aliphatic heterocycles. The van der Waals surface area contributed by atoms with E-state index in [0.29, 0.717) is 22.0 Å². The smallest absolute Gasteiger partial charge is 0.300 e. The average Bonchev–Trinajstić information content (AvgIpc) is 3.35. The normalized spacial score (nSPS) is 18.1. The molecule has 6 nitrogen and oxygen atoms in total. The Morgan fingerprint density at radius 1 is 1.07 bits per heavy atom. The number of aliphatic hydroxyl groups excluding tert-OH is 1. The van der Waals surface area contributed by atoms with Crippen molar-refractivity contribution in [1.29, 1.82) is 0 Å². The molecule has 0 saturated carbocycles. The number of nitrogens with zero attached hydrogens (tertiary/aromatic N) is 2. The van der Waals surface area contributed by atoms with Crippen molar-refractivity contribution in [3.63, 3.8) is 0 Å². The maximum atomic E-state index is 13.0. The van der Waals surface area contributed by atoms with Crippen LogP contribution in [-0.2, 0) is 9.59 Å². The summed E-state index contributed by atoms with van der Waals surface area (Å²) in [6.07, 6.45) is 1.46. The minimum Gasteiger partial charge on any atom is -0.507 e. The van der Waals surface area contributed by atoms with Crippen LogP contribution in [0.1, 0.15) is 17.4 Å². The van der Waals surface area contributed by atoms with E-state index in [1.165, 1.54) is 17.2 Å². The SMILES string of the molecule is CN(C)c1ccc(N2C(=O)C(=O)/C(=C(\O)c3cccc(Cl)c3)C2c2ccco2)cc1. The molecule has 1 aromatic heterocycles. The van der Waals surface area contributed by atoms with E-state index in [9.17, 15) is 14.7 Å². The zero-order chi connectivity index (χ0) is 21.4. The molecule has 1 amide bonds. The average molecular weight is 423 g/mol. The van der Waals surface area contributed by atoms with Crippen molar-refractivity contribution in [2.24, 2.45) is 0 Å². The summed E-state index contributed by atoms with van der Waals surface area (Å²) in [5.41, 5.74) is 1.77. The summed E-state index contributed by atoms with van der Waals surface area (Å²) in [5, 5.41) is 11.4. The molecule has 1 aliphatic rings. The van der Waals surface area contributed by atoms with E-state index in [-0.39, 0.29) is 11.3 Å². The van der Waals surface area contributed by atoms with E-state index in [0.717, 1.165) is 5.69 Å². The number of carbonyl (C=O) groups is 2. The van der Waals surface area contributed by atoms with Gasteiger partial charge in [-0.25, -0.2) is 0 Å². The molecule has 1 fully saturated rings. The number of amides is 1. The molecular weight excluding hydrogens is 404 g/mol. The first-order chi connectivity index (χ1) is 14.4. The van der Waals surface area contributed by atoms with Gasteiger partial charge in [0.15, 0.2) is 0 Å². The number of hydrogen-bond acceptors (Lipinski definition) is 5. The fraction of sp³-hybridized carbons (Fsp3) is 0.130. The molecule has 2 heterocycles. The minimum atomic E-state index is -0.899. The second-order valence-electron chi connectivity index (χ2n) is 7.11. The van der Waals surface area contributed by atoms with Crippen LogP contribution in [0.4, 0.5) is 11.4 Å². The number of benzene rings is 2. The van der Waals surface area contributed by atoms with Gasteiger partial charge < -0.3 is 14.4 Å². The van der Waals surface area contributed by atoms with Crippen LogP contribution in [0.2, 0.25) is 5.02 Å². The van der Waals surface area contributed by atoms with Gasteiger partial charge >= 0.3 is 0 Å². The topological polar surface area (TPSA) is 74.0 Å². The second kappa shape index (κ2) is 7.72. The van der Waals surface area contributed by atoms with Crippen LogP contribution in [0.25, 0.3) is 5.76 Å². The Balaban J connectivity index is 1.88. The van der Waals surface area contributed by atoms with Gasteiger partial charge in [-0.05, 0) is 48.5 Å². The van der Waals surface area contributed by atoms with E-state index in [2.05, 4.69) is 0 Å². The number of Topliss-reactive ketones (excluding diaryl/α,β-unsaturated/α-hetero) is 1. The molecule has 2 aromatic carbocycles. The van der Waals surface area contributed by atoms with Crippen molar-refractivity contribution in [3.8, 4) is 0 Å². The Morgan fingerprint density at radius 3 is 2.40 bits per heavy atom. The molecule has 0 bridgehead atoms. The lowest BCUT2D eigenvalue weighted by atomic mass is 9.99. The van der Waals surface area contributed by atoms with Crippen molar-refractivity contribution in [1.82, 2.24) is 0 Å². The fourth-order valence-corrected chi connectivity index (χ4v) is 3.71. The molecule has 0 aliphatic carbocycles. The van der Waals surface area contributed by atoms with Crippen LogP contribution in [0.15, 0.2) is 76.9 Å². The summed E-state index contributed by atoms with van der Waals surface area (Å²) in [7, 11) is 3.82. The molecule has 0 radical (unpaired) electrons. The number of halogens is 1. The Kier molecular flexibility index (Phi) is 5.10. The van der Waals surface area contributed by atoms with Gasteiger partial charge in [-0.3, -0.25) is 14.5 Å². The molecular formula is C23H19ClN2O4. The van der Waals surface area contributed by atoms with E-state index < -0.39 is 17.7 Å². The molecule has 152 valence electrons. The van der Waals surface area contributed by atoms with Gasteiger partial charge in [0.1, 0.15) is 17.6 Å². The van der Waals surface area contributed by atoms with Gasteiger partial charge in [-0.1, -0.05) is 23.7 Å². The van der Waals surface area contributed by atoms with Crippen molar-refractivity contribution in [2.45, 2.75) is 6.04 Å². The number of rotatable bonds is 4. The van der Waals surface area contributed by atoms with Crippen LogP contribution in [0, 0.1) is 0 Å². The zero-order valence-corrected chi connectivity index (χ0v) is 17.1. The monoisotopic (exact) mass is 422 g/mol. The number of furan rings is 1. The summed E-state index contributed by atoms with van der Waals surface area (Å²) < 4.78 is 5.54. The zero-order valence-electron chi connectivity index (χ0n) is 16.4. The minimum absolute atomic E-state index is 0.0473. The van der Waals surface area contributed by atoms with E-state index in [1.807, 2.05) is 31.1 Å². The van der Waals surface area contributed by atoms with Gasteiger partial charge in [0.05, 0.1) is 11.8 Å². The standard InChI is InChI=1S/C23H19ClN2O4/c1-25(2)16-8-10-17(11-9-16)26-20(18-7-4-12-30-18)19(22(28)23(26)29)21(27)14-5-3-6-15(24)13-14/h3-13,20,27H,1-2H3/b21-19-. The lowest BCUT2D eigenvalue weighted by Crippen LogP contribution is -2.29. The molecule has 1 saturated heterocycles. The number of aliphatic hydroxyl groups is 1. The Hall–Kier alpha value is -3.51. The fourth-order valence-electron chi connectivity index (χ4n) is 3.52. The molecule has 0 spiro atoms. The van der Waals surface area contributed by atoms with Gasteiger partial charge in [-0.2, -0.15) is 0 Å². The largest absolute Gasteiger partial charge is 0.507 e. The van der Waals surface area contributed by atoms with Crippen molar-refractivity contribution >= 4 is 40.4 Å². The molecule has 1 N–H and O–H groups in total. The molecule has 30 heavy (non-hydrogen) atoms. The Labute approximate surface area is 178 Å². The summed E-state index contributed by atoms with van der Waals surface area (Å²) in [4.78, 5) is 29.2. The van der Waals surface area contributed by atoms with Gasteiger partial charge in [0.25, 0.3) is 11.7 Å². The lowest BCUT2D eigenvalue weighted by molar-refractivity contribution is -0.132. The van der Waals surface area contributed by atoms with Crippen molar-refractivity contribution in [3.05, 3.63) is 88.8 Å². The lowest BCUT2D eigenvalue weighted by Gasteiger charge is -2.24. The predicted molar refractivity (Wildman–Crippen MR) is 116 cm³/mol. The highest BCUT2D eigenvalue weighted by molar-refractivity contribution is 6.51. The van der Waals surface area contributed by atoms with Crippen LogP contribution >= 0.6 is 11.6 Å². The number of hydrogen-bond donors (Lipinski definition) is 1. The second-order valence-corrected chi connectivity index (χ2v) is 7.54. The number of ketones is 1. The Morgan fingerprint density at radius 2 is 1.80 bits per heavy atom. The predicted octanol–water partition coefficient (Wildman–Crippen LogP) is 4.63. The van der Waals surface area contributed by atoms with Crippen molar-refractivity contribution in [2.75, 3.05) is 23.9 Å². The van der Waals surface area contributed by atoms with Crippen LogP contribution < -0.4 is 9.80 Å². The quantitative estimate of drug-likeness (QED) is 0.377. The highest BCUT2D eigenvalue weighted by Gasteiger charge is 2.48. The van der Waals surface area contributed by atoms with E-state index in [1.54, 1.807) is 42.5 Å². The first kappa shape index (κ1) is 19.8. The summed E-state index contributed by atoms with van der Waals surface area (Å²) in [5.74, 6) is -1.46. The van der Waals surface area contributed by atoms with Gasteiger partial charge in [-0.15, -0.1) is 0 Å². The summed E-state index contributed by atoms with van der Waals surface area (Å²) >= 11 is 6.04. The van der Waals surface area contributed by atoms with E-state index >= 15 is 0 Å². The highest BCUT2D eigenvalue weighted by Crippen LogP contribution is 2.42. The highest BCUT2D eigenvalue weighted by atomic mass is 35.5. The molecule has 3 aromatic rings. The van der Waals surface area contributed by atoms with Crippen LogP contribution in [0.3, 0.4) is 0 Å². The maximum absolute atomic E-state index is 13.0. The summed E-state index contributed by atoms with van der Waals surface area (Å²) in [6, 6.07) is 16.1. The van der Waals surface area contributed by atoms with Crippen molar-refractivity contribution < 1.29 is 19.1 Å². The van der Waals surface area contributed by atoms with Gasteiger partial charge in [0.2, 0.25) is 0 Å². The number of anilines is 2. The summed E-state index contributed by atoms with van der Waals surface area (Å²) in [6.45, 7) is 0. The number of carbonyl (C=O) groups excluding carboxylic acids is 2. The van der Waals surface area contributed by atoms with E-state index in [4.69, 9.17) is 16.0 Å². The molecule has 1 unspecified atom stereocenters. The third-order valence-electron chi connectivity index (χ3n) is 5.00. The first-order valence-electron chi connectivity index (χ1n) is 9.26. The third-order valence-corrected chi connectivity index (χ3v) is 5.23. The molecule has 7 heteroatoms. The Bertz CT molecular complexity index is 1130. The van der Waals surface area contributed by atoms with Crippen LogP contribution in [0.5, 0.6) is 0 Å². The van der Waals surface area contributed by atoms with Crippen LogP contribution in [-0.4, -0.2) is 30.9 Å². The molecule has 1 atom stereocenters.